The Bertz CT molecular complexity index is 588. The van der Waals surface area contributed by atoms with Crippen LogP contribution in [0.25, 0.3) is 5.57 Å². The van der Waals surface area contributed by atoms with Gasteiger partial charge in [0, 0.05) is 3.57 Å². The number of hydrogen-bond donors (Lipinski definition) is 2. The molecule has 0 fully saturated rings. The first-order valence-electron chi connectivity index (χ1n) is 6.33. The van der Waals surface area contributed by atoms with Crippen LogP contribution in [-0.4, -0.2) is 16.6 Å². The number of carbonyl (C=O) groups excluding carboxylic acids is 1. The Hall–Kier alpha value is -1.04. The van der Waals surface area contributed by atoms with Crippen molar-refractivity contribution in [1.29, 1.82) is 0 Å². The summed E-state index contributed by atoms with van der Waals surface area (Å²) in [6, 6.07) is 4.11. The quantitative estimate of drug-likeness (QED) is 0.784. The molecule has 102 valence electrons. The SMILES string of the molecule is CCc1cc(I)cc(C)c1C1=C(O)C(C)(C)NC1=O. The minimum absolute atomic E-state index is 0.136. The first-order valence-corrected chi connectivity index (χ1v) is 7.41. The third kappa shape index (κ3) is 2.38. The number of aryl methyl sites for hydroxylation is 2. The molecule has 1 aromatic carbocycles. The highest BCUT2D eigenvalue weighted by atomic mass is 127. The Kier molecular flexibility index (Phi) is 3.64. The summed E-state index contributed by atoms with van der Waals surface area (Å²) in [5.41, 5.74) is 2.74. The van der Waals surface area contributed by atoms with Gasteiger partial charge in [0.1, 0.15) is 5.76 Å². The molecule has 0 aromatic heterocycles. The maximum atomic E-state index is 12.2. The number of amides is 1. The number of hydrogen-bond acceptors (Lipinski definition) is 2. The lowest BCUT2D eigenvalue weighted by molar-refractivity contribution is -0.115. The molecule has 2 rings (SSSR count). The van der Waals surface area contributed by atoms with Gasteiger partial charge in [0.2, 0.25) is 0 Å². The average Bonchev–Trinajstić information content (AvgIpc) is 2.49. The van der Waals surface area contributed by atoms with E-state index in [1.807, 2.05) is 13.0 Å². The van der Waals surface area contributed by atoms with Crippen LogP contribution >= 0.6 is 22.6 Å². The molecule has 1 aromatic rings. The minimum atomic E-state index is -0.688. The predicted octanol–water partition coefficient (Wildman–Crippen LogP) is 3.34. The largest absolute Gasteiger partial charge is 0.509 e. The molecule has 19 heavy (non-hydrogen) atoms. The van der Waals surface area contributed by atoms with Crippen LogP contribution in [0, 0.1) is 10.5 Å². The molecule has 0 spiro atoms. The normalized spacial score (nSPS) is 17.8. The maximum absolute atomic E-state index is 12.2. The zero-order valence-corrected chi connectivity index (χ0v) is 13.8. The molecule has 0 saturated heterocycles. The number of carbonyl (C=O) groups is 1. The van der Waals surface area contributed by atoms with Gasteiger partial charge in [-0.15, -0.1) is 0 Å². The van der Waals surface area contributed by atoms with Crippen molar-refractivity contribution in [3.63, 3.8) is 0 Å². The van der Waals surface area contributed by atoms with E-state index in [4.69, 9.17) is 0 Å². The maximum Gasteiger partial charge on any atom is 0.256 e. The van der Waals surface area contributed by atoms with E-state index in [0.717, 1.165) is 26.7 Å². The number of rotatable bonds is 2. The fourth-order valence-electron chi connectivity index (χ4n) is 2.51. The van der Waals surface area contributed by atoms with Crippen molar-refractivity contribution in [2.45, 2.75) is 39.7 Å². The zero-order valence-electron chi connectivity index (χ0n) is 11.6. The van der Waals surface area contributed by atoms with Crippen molar-refractivity contribution in [3.8, 4) is 0 Å². The van der Waals surface area contributed by atoms with Crippen LogP contribution in [0.5, 0.6) is 0 Å². The first-order chi connectivity index (χ1) is 8.77. The van der Waals surface area contributed by atoms with E-state index in [1.54, 1.807) is 13.8 Å². The summed E-state index contributed by atoms with van der Waals surface area (Å²) in [6.07, 6.45) is 0.831. The minimum Gasteiger partial charge on any atom is -0.509 e. The van der Waals surface area contributed by atoms with Crippen LogP contribution in [0.4, 0.5) is 0 Å². The summed E-state index contributed by atoms with van der Waals surface area (Å²) in [5, 5.41) is 13.2. The van der Waals surface area contributed by atoms with E-state index < -0.39 is 5.54 Å². The van der Waals surface area contributed by atoms with Gasteiger partial charge >= 0.3 is 0 Å². The Morgan fingerprint density at radius 3 is 2.47 bits per heavy atom. The molecular formula is C15H18INO2. The monoisotopic (exact) mass is 371 g/mol. The molecule has 0 bridgehead atoms. The van der Waals surface area contributed by atoms with E-state index >= 15 is 0 Å². The fraction of sp³-hybridized carbons (Fsp3) is 0.400. The standard InChI is InChI=1S/C15H18INO2/c1-5-9-7-10(16)6-8(2)11(9)12-13(18)15(3,4)17-14(12)19/h6-7,18H,5H2,1-4H3,(H,17,19). The van der Waals surface area contributed by atoms with Crippen LogP contribution in [0.15, 0.2) is 17.9 Å². The molecule has 0 radical (unpaired) electrons. The van der Waals surface area contributed by atoms with E-state index in [1.165, 1.54) is 0 Å². The molecule has 0 unspecified atom stereocenters. The number of aliphatic hydroxyl groups is 1. The lowest BCUT2D eigenvalue weighted by Crippen LogP contribution is -2.38. The lowest BCUT2D eigenvalue weighted by Gasteiger charge is -2.17. The summed E-state index contributed by atoms with van der Waals surface area (Å²) in [4.78, 5) is 12.2. The van der Waals surface area contributed by atoms with Crippen LogP contribution in [0.2, 0.25) is 0 Å². The molecule has 1 heterocycles. The number of nitrogens with one attached hydrogen (secondary N) is 1. The molecule has 3 nitrogen and oxygen atoms in total. The third-order valence-electron chi connectivity index (χ3n) is 3.49. The van der Waals surface area contributed by atoms with Gasteiger partial charge in [-0.2, -0.15) is 0 Å². The van der Waals surface area contributed by atoms with Crippen LogP contribution in [0.3, 0.4) is 0 Å². The van der Waals surface area contributed by atoms with Gasteiger partial charge in [-0.1, -0.05) is 6.92 Å². The number of halogens is 1. The summed E-state index contributed by atoms with van der Waals surface area (Å²) >= 11 is 2.27. The Morgan fingerprint density at radius 1 is 1.37 bits per heavy atom. The van der Waals surface area contributed by atoms with Gasteiger partial charge in [0.15, 0.2) is 0 Å². The smallest absolute Gasteiger partial charge is 0.256 e. The van der Waals surface area contributed by atoms with Crippen LogP contribution < -0.4 is 5.32 Å². The van der Waals surface area contributed by atoms with Crippen LogP contribution in [-0.2, 0) is 11.2 Å². The molecule has 1 aliphatic heterocycles. The second-order valence-corrected chi connectivity index (χ2v) is 6.66. The topological polar surface area (TPSA) is 49.3 Å². The number of aliphatic hydroxyl groups excluding tert-OH is 1. The van der Waals surface area contributed by atoms with Crippen LogP contribution in [0.1, 0.15) is 37.5 Å². The molecule has 0 atom stereocenters. The summed E-state index contributed by atoms with van der Waals surface area (Å²) in [6.45, 7) is 7.65. The second kappa shape index (κ2) is 4.81. The molecule has 2 N–H and O–H groups in total. The summed E-state index contributed by atoms with van der Waals surface area (Å²) in [5.74, 6) is -0.0574. The van der Waals surface area contributed by atoms with Gasteiger partial charge in [-0.25, -0.2) is 0 Å². The van der Waals surface area contributed by atoms with Crippen molar-refractivity contribution < 1.29 is 9.90 Å². The number of benzene rings is 1. The van der Waals surface area contributed by atoms with Crippen molar-refractivity contribution in [1.82, 2.24) is 5.32 Å². The Labute approximate surface area is 127 Å². The molecule has 1 amide bonds. The van der Waals surface area contributed by atoms with E-state index in [2.05, 4.69) is 40.9 Å². The summed E-state index contributed by atoms with van der Waals surface area (Å²) in [7, 11) is 0. The average molecular weight is 371 g/mol. The lowest BCUT2D eigenvalue weighted by atomic mass is 9.91. The van der Waals surface area contributed by atoms with E-state index in [0.29, 0.717) is 5.57 Å². The van der Waals surface area contributed by atoms with Crippen molar-refractivity contribution in [2.24, 2.45) is 0 Å². The highest BCUT2D eigenvalue weighted by molar-refractivity contribution is 14.1. The third-order valence-corrected chi connectivity index (χ3v) is 4.12. The predicted molar refractivity (Wildman–Crippen MR) is 85.0 cm³/mol. The second-order valence-electron chi connectivity index (χ2n) is 5.41. The molecule has 0 saturated carbocycles. The van der Waals surface area contributed by atoms with Crippen molar-refractivity contribution in [3.05, 3.63) is 38.2 Å². The van der Waals surface area contributed by atoms with E-state index in [9.17, 15) is 9.90 Å². The first kappa shape index (κ1) is 14.4. The van der Waals surface area contributed by atoms with Gasteiger partial charge in [0.25, 0.3) is 5.91 Å². The van der Waals surface area contributed by atoms with Gasteiger partial charge < -0.3 is 10.4 Å². The van der Waals surface area contributed by atoms with E-state index in [-0.39, 0.29) is 11.7 Å². The Morgan fingerprint density at radius 2 is 2.00 bits per heavy atom. The van der Waals surface area contributed by atoms with Crippen molar-refractivity contribution in [2.75, 3.05) is 0 Å². The summed E-state index contributed by atoms with van der Waals surface area (Å²) < 4.78 is 1.15. The Balaban J connectivity index is 2.73. The molecule has 1 aliphatic rings. The highest BCUT2D eigenvalue weighted by Gasteiger charge is 2.39. The molecular weight excluding hydrogens is 353 g/mol. The van der Waals surface area contributed by atoms with Gasteiger partial charge in [-0.3, -0.25) is 4.79 Å². The highest BCUT2D eigenvalue weighted by Crippen LogP contribution is 2.35. The zero-order chi connectivity index (χ0) is 14.4. The van der Waals surface area contributed by atoms with Gasteiger partial charge in [-0.05, 0) is 78.6 Å². The molecule has 0 aliphatic carbocycles. The van der Waals surface area contributed by atoms with Gasteiger partial charge in [0.05, 0.1) is 11.1 Å². The fourth-order valence-corrected chi connectivity index (χ4v) is 3.35. The van der Waals surface area contributed by atoms with Crippen molar-refractivity contribution >= 4 is 34.1 Å². The molecule has 4 heteroatoms.